The Labute approximate surface area is 207 Å². The molecule has 35 heavy (non-hydrogen) atoms. The maximum Gasteiger partial charge on any atom is 0.243 e. The fraction of sp³-hybridized carbons (Fsp3) is 0.231. The van der Waals surface area contributed by atoms with Crippen LogP contribution in [0.1, 0.15) is 5.56 Å². The Morgan fingerprint density at radius 2 is 1.66 bits per heavy atom. The molecule has 1 saturated heterocycles. The number of carbonyl (C=O) groups excluding carboxylic acids is 1. The van der Waals surface area contributed by atoms with E-state index in [0.29, 0.717) is 17.6 Å². The molecule has 0 unspecified atom stereocenters. The molecule has 2 aromatic carbocycles. The molecule has 0 spiro atoms. The Balaban J connectivity index is 1.30. The molecule has 5 rings (SSSR count). The van der Waals surface area contributed by atoms with Crippen LogP contribution in [0.15, 0.2) is 78.4 Å². The Bertz CT molecular complexity index is 1240. The van der Waals surface area contributed by atoms with E-state index < -0.39 is 0 Å². The minimum Gasteiger partial charge on any atom is -0.338 e. The number of piperazine rings is 1. The minimum absolute atomic E-state index is 0.0345. The largest absolute Gasteiger partial charge is 0.338 e. The summed E-state index contributed by atoms with van der Waals surface area (Å²) in [6.45, 7) is 3.60. The molecular formula is C26H25FN6OS. The van der Waals surface area contributed by atoms with E-state index in [1.165, 1.54) is 23.5 Å². The summed E-state index contributed by atoms with van der Waals surface area (Å²) in [5.41, 5.74) is 2.68. The fourth-order valence-corrected chi connectivity index (χ4v) is 4.85. The quantitative estimate of drug-likeness (QED) is 0.390. The second-order valence-corrected chi connectivity index (χ2v) is 9.14. The molecule has 178 valence electrons. The lowest BCUT2D eigenvalue weighted by Gasteiger charge is -2.35. The molecule has 1 aliphatic heterocycles. The Hall–Kier alpha value is -3.69. The molecule has 0 radical (unpaired) electrons. The van der Waals surface area contributed by atoms with E-state index in [1.54, 1.807) is 35.5 Å². The first kappa shape index (κ1) is 23.1. The van der Waals surface area contributed by atoms with Gasteiger partial charge >= 0.3 is 0 Å². The molecule has 0 bridgehead atoms. The van der Waals surface area contributed by atoms with Gasteiger partial charge in [0.25, 0.3) is 0 Å². The van der Waals surface area contributed by atoms with Crippen molar-refractivity contribution >= 4 is 28.3 Å². The summed E-state index contributed by atoms with van der Waals surface area (Å²) in [4.78, 5) is 32.9. The molecule has 0 saturated carbocycles. The number of halogens is 1. The van der Waals surface area contributed by atoms with Crippen molar-refractivity contribution in [3.63, 3.8) is 0 Å². The molecule has 4 aromatic rings. The highest BCUT2D eigenvalue weighted by Gasteiger charge is 2.25. The number of thiazole rings is 1. The van der Waals surface area contributed by atoms with Gasteiger partial charge in [-0.2, -0.15) is 0 Å². The number of hydrogen-bond donors (Lipinski definition) is 0. The van der Waals surface area contributed by atoms with Crippen molar-refractivity contribution in [2.24, 2.45) is 0 Å². The molecule has 1 aliphatic rings. The molecule has 7 nitrogen and oxygen atoms in total. The zero-order chi connectivity index (χ0) is 24.0. The Kier molecular flexibility index (Phi) is 7.06. The number of aromatic nitrogens is 3. The minimum atomic E-state index is -0.299. The van der Waals surface area contributed by atoms with Gasteiger partial charge in [0, 0.05) is 49.5 Å². The van der Waals surface area contributed by atoms with E-state index in [1.807, 2.05) is 35.7 Å². The maximum atomic E-state index is 13.5. The third-order valence-corrected chi connectivity index (χ3v) is 6.78. The van der Waals surface area contributed by atoms with Gasteiger partial charge in [0.2, 0.25) is 11.9 Å². The highest BCUT2D eigenvalue weighted by Crippen LogP contribution is 2.29. The maximum absolute atomic E-state index is 13.5. The van der Waals surface area contributed by atoms with Gasteiger partial charge in [-0.1, -0.05) is 42.5 Å². The van der Waals surface area contributed by atoms with Crippen molar-refractivity contribution < 1.29 is 9.18 Å². The molecule has 9 heteroatoms. The van der Waals surface area contributed by atoms with Crippen molar-refractivity contribution in [1.82, 2.24) is 19.9 Å². The number of anilines is 2. The van der Waals surface area contributed by atoms with Gasteiger partial charge in [0.15, 0.2) is 5.13 Å². The Morgan fingerprint density at radius 1 is 0.943 bits per heavy atom. The van der Waals surface area contributed by atoms with Crippen LogP contribution in [0, 0.1) is 5.82 Å². The summed E-state index contributed by atoms with van der Waals surface area (Å²) >= 11 is 1.44. The average molecular weight is 489 g/mol. The summed E-state index contributed by atoms with van der Waals surface area (Å²) in [6, 6.07) is 18.0. The SMILES string of the molecule is O=C(CN1CCN(c2ncccn2)CC1)N(Cc1ccc(F)cc1)c1nc(-c2ccccc2)cs1. The summed E-state index contributed by atoms with van der Waals surface area (Å²) in [5, 5.41) is 2.60. The Morgan fingerprint density at radius 3 is 2.37 bits per heavy atom. The zero-order valence-corrected chi connectivity index (χ0v) is 19.9. The van der Waals surface area contributed by atoms with Crippen molar-refractivity contribution in [1.29, 1.82) is 0 Å². The van der Waals surface area contributed by atoms with Crippen LogP contribution in [-0.2, 0) is 11.3 Å². The van der Waals surface area contributed by atoms with E-state index >= 15 is 0 Å². The van der Waals surface area contributed by atoms with Gasteiger partial charge in [-0.05, 0) is 23.8 Å². The van der Waals surface area contributed by atoms with Crippen LogP contribution in [-0.4, -0.2) is 58.5 Å². The van der Waals surface area contributed by atoms with Crippen LogP contribution in [0.25, 0.3) is 11.3 Å². The molecule has 0 aliphatic carbocycles. The number of benzene rings is 2. The third kappa shape index (κ3) is 5.70. The van der Waals surface area contributed by atoms with E-state index in [2.05, 4.69) is 19.8 Å². The second kappa shape index (κ2) is 10.7. The lowest BCUT2D eigenvalue weighted by Crippen LogP contribution is -2.50. The summed E-state index contributed by atoms with van der Waals surface area (Å²) in [7, 11) is 0. The van der Waals surface area contributed by atoms with Crippen LogP contribution in [0.4, 0.5) is 15.5 Å². The first-order valence-electron chi connectivity index (χ1n) is 11.5. The first-order valence-corrected chi connectivity index (χ1v) is 12.3. The molecule has 0 N–H and O–H groups in total. The highest BCUT2D eigenvalue weighted by atomic mass is 32.1. The third-order valence-electron chi connectivity index (χ3n) is 5.91. The van der Waals surface area contributed by atoms with Crippen LogP contribution in [0.2, 0.25) is 0 Å². The van der Waals surface area contributed by atoms with E-state index in [4.69, 9.17) is 4.98 Å². The number of carbonyl (C=O) groups is 1. The van der Waals surface area contributed by atoms with Gasteiger partial charge < -0.3 is 4.90 Å². The normalized spacial score (nSPS) is 14.1. The van der Waals surface area contributed by atoms with E-state index in [-0.39, 0.29) is 18.3 Å². The molecule has 0 atom stereocenters. The predicted octanol–water partition coefficient (Wildman–Crippen LogP) is 4.09. The smallest absolute Gasteiger partial charge is 0.243 e. The van der Waals surface area contributed by atoms with E-state index in [0.717, 1.165) is 43.0 Å². The summed E-state index contributed by atoms with van der Waals surface area (Å²) in [5.74, 6) is 0.382. The van der Waals surface area contributed by atoms with Gasteiger partial charge in [0.1, 0.15) is 5.82 Å². The van der Waals surface area contributed by atoms with Crippen LogP contribution >= 0.6 is 11.3 Å². The lowest BCUT2D eigenvalue weighted by atomic mass is 10.2. The van der Waals surface area contributed by atoms with Crippen molar-refractivity contribution in [2.75, 3.05) is 42.5 Å². The van der Waals surface area contributed by atoms with E-state index in [9.17, 15) is 9.18 Å². The van der Waals surface area contributed by atoms with Gasteiger partial charge in [-0.25, -0.2) is 19.3 Å². The van der Waals surface area contributed by atoms with Gasteiger partial charge in [-0.15, -0.1) is 11.3 Å². The summed E-state index contributed by atoms with van der Waals surface area (Å²) in [6.07, 6.45) is 3.48. The first-order chi connectivity index (χ1) is 17.2. The molecular weight excluding hydrogens is 463 g/mol. The fourth-order valence-electron chi connectivity index (χ4n) is 4.00. The highest BCUT2D eigenvalue weighted by molar-refractivity contribution is 7.14. The number of rotatable bonds is 7. The monoisotopic (exact) mass is 488 g/mol. The standard InChI is InChI=1S/C26H25FN6OS/c27-22-9-7-20(8-10-22)17-33(26-30-23(19-35-26)21-5-2-1-3-6-21)24(34)18-31-13-15-32(16-14-31)25-28-11-4-12-29-25/h1-12,19H,13-18H2. The van der Waals surface area contributed by atoms with Gasteiger partial charge in [-0.3, -0.25) is 14.6 Å². The van der Waals surface area contributed by atoms with Crippen molar-refractivity contribution in [3.05, 3.63) is 89.8 Å². The average Bonchev–Trinajstić information content (AvgIpc) is 3.40. The molecule has 2 aromatic heterocycles. The van der Waals surface area contributed by atoms with Crippen LogP contribution < -0.4 is 9.80 Å². The molecule has 3 heterocycles. The van der Waals surface area contributed by atoms with Gasteiger partial charge in [0.05, 0.1) is 18.8 Å². The topological polar surface area (TPSA) is 65.5 Å². The van der Waals surface area contributed by atoms with Crippen molar-refractivity contribution in [2.45, 2.75) is 6.54 Å². The molecule has 1 amide bonds. The zero-order valence-electron chi connectivity index (χ0n) is 19.1. The van der Waals surface area contributed by atoms with Crippen LogP contribution in [0.3, 0.4) is 0 Å². The second-order valence-electron chi connectivity index (χ2n) is 8.30. The predicted molar refractivity (Wildman–Crippen MR) is 136 cm³/mol. The summed E-state index contributed by atoms with van der Waals surface area (Å²) < 4.78 is 13.4. The van der Waals surface area contributed by atoms with Crippen LogP contribution in [0.5, 0.6) is 0 Å². The van der Waals surface area contributed by atoms with Crippen molar-refractivity contribution in [3.8, 4) is 11.3 Å². The lowest BCUT2D eigenvalue weighted by molar-refractivity contribution is -0.120. The number of nitrogens with zero attached hydrogens (tertiary/aromatic N) is 6. The number of amides is 1. The molecule has 1 fully saturated rings. The number of hydrogen-bond acceptors (Lipinski definition) is 7.